The number of nitrogens with one attached hydrogen (secondary N) is 1. The normalized spacial score (nSPS) is 11.1. The topological polar surface area (TPSA) is 81.8 Å². The Labute approximate surface area is 148 Å². The van der Waals surface area contributed by atoms with Crippen LogP contribution in [0.15, 0.2) is 59.9 Å². The van der Waals surface area contributed by atoms with Gasteiger partial charge in [-0.3, -0.25) is 19.6 Å². The standard InChI is InChI=1S/C19H17N5O2/c1-13-5-4-6-14-18(13)21-11-23(19(14)26)10-9-17(25)22-24-12-20-15-7-2-3-8-16(15)24/h2-8,11-12H,9-10H2,1H3,(H,22,25). The molecule has 0 saturated carbocycles. The average molecular weight is 347 g/mol. The summed E-state index contributed by atoms with van der Waals surface area (Å²) in [5.41, 5.74) is 5.92. The molecule has 7 nitrogen and oxygen atoms in total. The second kappa shape index (κ2) is 6.44. The van der Waals surface area contributed by atoms with Crippen molar-refractivity contribution in [1.82, 2.24) is 19.2 Å². The summed E-state index contributed by atoms with van der Waals surface area (Å²) in [7, 11) is 0. The fourth-order valence-electron chi connectivity index (χ4n) is 2.96. The van der Waals surface area contributed by atoms with Crippen LogP contribution in [0.5, 0.6) is 0 Å². The molecular formula is C19H17N5O2. The van der Waals surface area contributed by atoms with Crippen molar-refractivity contribution in [2.45, 2.75) is 19.9 Å². The minimum absolute atomic E-state index is 0.139. The van der Waals surface area contributed by atoms with Crippen LogP contribution >= 0.6 is 0 Å². The molecule has 0 atom stereocenters. The molecule has 0 saturated heterocycles. The van der Waals surface area contributed by atoms with Gasteiger partial charge in [-0.25, -0.2) is 14.6 Å². The van der Waals surface area contributed by atoms with E-state index >= 15 is 0 Å². The van der Waals surface area contributed by atoms with Crippen molar-refractivity contribution >= 4 is 27.8 Å². The molecule has 2 heterocycles. The van der Waals surface area contributed by atoms with Crippen LogP contribution in [0.1, 0.15) is 12.0 Å². The van der Waals surface area contributed by atoms with Gasteiger partial charge < -0.3 is 0 Å². The lowest BCUT2D eigenvalue weighted by molar-refractivity contribution is -0.117. The van der Waals surface area contributed by atoms with E-state index in [2.05, 4.69) is 15.4 Å². The second-order valence-electron chi connectivity index (χ2n) is 6.10. The number of aryl methyl sites for hydroxylation is 2. The van der Waals surface area contributed by atoms with Crippen molar-refractivity contribution in [2.24, 2.45) is 0 Å². The number of fused-ring (bicyclic) bond motifs is 2. The van der Waals surface area contributed by atoms with E-state index in [0.29, 0.717) is 10.9 Å². The zero-order chi connectivity index (χ0) is 18.1. The second-order valence-corrected chi connectivity index (χ2v) is 6.10. The molecule has 1 amide bonds. The van der Waals surface area contributed by atoms with E-state index in [-0.39, 0.29) is 24.4 Å². The lowest BCUT2D eigenvalue weighted by Gasteiger charge is -2.09. The van der Waals surface area contributed by atoms with Gasteiger partial charge in [0, 0.05) is 13.0 Å². The third kappa shape index (κ3) is 2.83. The van der Waals surface area contributed by atoms with Gasteiger partial charge in [0.2, 0.25) is 5.91 Å². The molecule has 2 aromatic heterocycles. The van der Waals surface area contributed by atoms with Gasteiger partial charge >= 0.3 is 0 Å². The molecule has 0 aliphatic heterocycles. The smallest absolute Gasteiger partial charge is 0.261 e. The monoisotopic (exact) mass is 347 g/mol. The molecule has 130 valence electrons. The first-order valence-electron chi connectivity index (χ1n) is 8.30. The largest absolute Gasteiger partial charge is 0.298 e. The zero-order valence-electron chi connectivity index (χ0n) is 14.2. The summed E-state index contributed by atoms with van der Waals surface area (Å²) in [5, 5.41) is 0.563. The van der Waals surface area contributed by atoms with Gasteiger partial charge in [-0.15, -0.1) is 0 Å². The number of carbonyl (C=O) groups is 1. The summed E-state index contributed by atoms with van der Waals surface area (Å²) in [6, 6.07) is 13.0. The molecule has 0 spiro atoms. The molecule has 0 radical (unpaired) electrons. The SMILES string of the molecule is Cc1cccc2c(=O)n(CCC(=O)Nn3cnc4ccccc43)cnc12. The maximum atomic E-state index is 12.6. The zero-order valence-corrected chi connectivity index (χ0v) is 14.2. The summed E-state index contributed by atoms with van der Waals surface area (Å²) >= 11 is 0. The van der Waals surface area contributed by atoms with Crippen LogP contribution in [0.25, 0.3) is 21.9 Å². The van der Waals surface area contributed by atoms with Crippen molar-refractivity contribution in [3.63, 3.8) is 0 Å². The summed E-state index contributed by atoms with van der Waals surface area (Å²) in [5.74, 6) is -0.204. The Morgan fingerprint density at radius 3 is 2.81 bits per heavy atom. The summed E-state index contributed by atoms with van der Waals surface area (Å²) in [6.07, 6.45) is 3.22. The van der Waals surface area contributed by atoms with E-state index in [1.807, 2.05) is 43.3 Å². The van der Waals surface area contributed by atoms with E-state index in [4.69, 9.17) is 0 Å². The number of carbonyl (C=O) groups excluding carboxylic acids is 1. The molecule has 7 heteroatoms. The molecule has 26 heavy (non-hydrogen) atoms. The van der Waals surface area contributed by atoms with Gasteiger partial charge in [-0.05, 0) is 30.7 Å². The maximum absolute atomic E-state index is 12.6. The van der Waals surface area contributed by atoms with Crippen LogP contribution in [0.2, 0.25) is 0 Å². The summed E-state index contributed by atoms with van der Waals surface area (Å²) in [6.45, 7) is 2.18. The molecule has 0 unspecified atom stereocenters. The van der Waals surface area contributed by atoms with Gasteiger partial charge in [0.15, 0.2) is 0 Å². The van der Waals surface area contributed by atoms with Crippen LogP contribution in [-0.2, 0) is 11.3 Å². The van der Waals surface area contributed by atoms with Crippen LogP contribution in [0.4, 0.5) is 0 Å². The highest BCUT2D eigenvalue weighted by atomic mass is 16.2. The molecule has 0 bridgehead atoms. The third-order valence-corrected chi connectivity index (χ3v) is 4.33. The van der Waals surface area contributed by atoms with Gasteiger partial charge in [0.1, 0.15) is 6.33 Å². The molecule has 1 N–H and O–H groups in total. The first-order chi connectivity index (χ1) is 12.6. The quantitative estimate of drug-likeness (QED) is 0.614. The fraction of sp³-hybridized carbons (Fsp3) is 0.158. The number of para-hydroxylation sites is 3. The predicted molar refractivity (Wildman–Crippen MR) is 99.5 cm³/mol. The van der Waals surface area contributed by atoms with Crippen molar-refractivity contribution in [3.05, 3.63) is 71.0 Å². The van der Waals surface area contributed by atoms with Crippen LogP contribution in [0, 0.1) is 6.92 Å². The molecule has 2 aromatic carbocycles. The highest BCUT2D eigenvalue weighted by Gasteiger charge is 2.09. The van der Waals surface area contributed by atoms with Crippen LogP contribution in [0.3, 0.4) is 0 Å². The molecular weight excluding hydrogens is 330 g/mol. The molecule has 4 aromatic rings. The van der Waals surface area contributed by atoms with E-state index in [0.717, 1.165) is 16.6 Å². The minimum Gasteiger partial charge on any atom is -0.298 e. The van der Waals surface area contributed by atoms with Crippen molar-refractivity contribution in [2.75, 3.05) is 5.43 Å². The summed E-state index contributed by atoms with van der Waals surface area (Å²) < 4.78 is 3.05. The predicted octanol–water partition coefficient (Wildman–Crippen LogP) is 2.22. The molecule has 0 fully saturated rings. The maximum Gasteiger partial charge on any atom is 0.261 e. The minimum atomic E-state index is -0.204. The number of amides is 1. The van der Waals surface area contributed by atoms with Crippen LogP contribution < -0.4 is 11.0 Å². The lowest BCUT2D eigenvalue weighted by Crippen LogP contribution is -2.26. The first kappa shape index (κ1) is 16.0. The van der Waals surface area contributed by atoms with Gasteiger partial charge in [0.05, 0.1) is 28.3 Å². The van der Waals surface area contributed by atoms with Gasteiger partial charge in [-0.1, -0.05) is 24.3 Å². The van der Waals surface area contributed by atoms with E-state index in [1.54, 1.807) is 17.1 Å². The van der Waals surface area contributed by atoms with Crippen molar-refractivity contribution in [1.29, 1.82) is 0 Å². The van der Waals surface area contributed by atoms with E-state index < -0.39 is 0 Å². The Morgan fingerprint density at radius 2 is 1.92 bits per heavy atom. The lowest BCUT2D eigenvalue weighted by atomic mass is 10.1. The highest BCUT2D eigenvalue weighted by molar-refractivity contribution is 5.86. The van der Waals surface area contributed by atoms with E-state index in [9.17, 15) is 9.59 Å². The average Bonchev–Trinajstić information content (AvgIpc) is 3.05. The number of rotatable bonds is 4. The van der Waals surface area contributed by atoms with Crippen molar-refractivity contribution in [3.8, 4) is 0 Å². The summed E-state index contributed by atoms with van der Waals surface area (Å²) in [4.78, 5) is 33.4. The highest BCUT2D eigenvalue weighted by Crippen LogP contribution is 2.12. The first-order valence-corrected chi connectivity index (χ1v) is 8.30. The number of aromatic nitrogens is 4. The van der Waals surface area contributed by atoms with Gasteiger partial charge in [0.25, 0.3) is 5.56 Å². The number of nitrogens with zero attached hydrogens (tertiary/aromatic N) is 4. The molecule has 0 aliphatic rings. The Kier molecular flexibility index (Phi) is 3.96. The molecule has 0 aliphatic carbocycles. The van der Waals surface area contributed by atoms with Gasteiger partial charge in [-0.2, -0.15) is 0 Å². The third-order valence-electron chi connectivity index (χ3n) is 4.33. The fourth-order valence-corrected chi connectivity index (χ4v) is 2.96. The van der Waals surface area contributed by atoms with Crippen molar-refractivity contribution < 1.29 is 4.79 Å². The Morgan fingerprint density at radius 1 is 1.08 bits per heavy atom. The number of hydrogen-bond donors (Lipinski definition) is 1. The Hall–Kier alpha value is -3.48. The number of benzene rings is 2. The molecule has 4 rings (SSSR count). The number of hydrogen-bond acceptors (Lipinski definition) is 4. The number of imidazole rings is 1. The Bertz CT molecular complexity index is 1180. The van der Waals surface area contributed by atoms with Crippen LogP contribution in [-0.4, -0.2) is 25.1 Å². The van der Waals surface area contributed by atoms with E-state index in [1.165, 1.54) is 10.9 Å². The Balaban J connectivity index is 1.50.